The molecular weight excluding hydrogens is 298 g/mol. The SMILES string of the molecule is O=C(c1ccsn1)c1cc(Cl)ccc1Br. The Morgan fingerprint density at radius 2 is 2.20 bits per heavy atom. The molecule has 0 radical (unpaired) electrons. The fourth-order valence-electron chi connectivity index (χ4n) is 1.14. The van der Waals surface area contributed by atoms with Crippen molar-refractivity contribution in [2.24, 2.45) is 0 Å². The number of aromatic nitrogens is 1. The first-order valence-corrected chi connectivity index (χ1v) is 6.09. The van der Waals surface area contributed by atoms with E-state index >= 15 is 0 Å². The van der Waals surface area contributed by atoms with Gasteiger partial charge in [0.15, 0.2) is 0 Å². The Morgan fingerprint density at radius 3 is 2.87 bits per heavy atom. The smallest absolute Gasteiger partial charge is 0.213 e. The second kappa shape index (κ2) is 4.43. The highest BCUT2D eigenvalue weighted by Crippen LogP contribution is 2.23. The number of carbonyl (C=O) groups is 1. The third kappa shape index (κ3) is 2.27. The summed E-state index contributed by atoms with van der Waals surface area (Å²) in [4.78, 5) is 11.9. The average Bonchev–Trinajstić information content (AvgIpc) is 2.74. The molecule has 0 amide bonds. The molecule has 15 heavy (non-hydrogen) atoms. The minimum Gasteiger partial charge on any atom is -0.287 e. The lowest BCUT2D eigenvalue weighted by atomic mass is 10.1. The van der Waals surface area contributed by atoms with Crippen molar-refractivity contribution in [3.8, 4) is 0 Å². The molecule has 0 saturated heterocycles. The Bertz CT molecular complexity index is 498. The number of rotatable bonds is 2. The van der Waals surface area contributed by atoms with E-state index in [-0.39, 0.29) is 5.78 Å². The summed E-state index contributed by atoms with van der Waals surface area (Å²) in [5.74, 6) is -0.120. The van der Waals surface area contributed by atoms with E-state index in [1.54, 1.807) is 29.6 Å². The van der Waals surface area contributed by atoms with Gasteiger partial charge in [0.25, 0.3) is 0 Å². The molecule has 0 fully saturated rings. The summed E-state index contributed by atoms with van der Waals surface area (Å²) in [7, 11) is 0. The zero-order chi connectivity index (χ0) is 10.8. The van der Waals surface area contributed by atoms with Crippen LogP contribution in [0.3, 0.4) is 0 Å². The maximum Gasteiger partial charge on any atom is 0.213 e. The van der Waals surface area contributed by atoms with Gasteiger partial charge in [-0.15, -0.1) is 0 Å². The molecule has 76 valence electrons. The molecule has 0 aliphatic heterocycles. The Morgan fingerprint density at radius 1 is 1.40 bits per heavy atom. The Hall–Kier alpha value is -0.710. The predicted molar refractivity (Wildman–Crippen MR) is 64.7 cm³/mol. The van der Waals surface area contributed by atoms with Gasteiger partial charge in [0.2, 0.25) is 5.78 Å². The van der Waals surface area contributed by atoms with E-state index in [4.69, 9.17) is 11.6 Å². The second-order valence-corrected chi connectivity index (χ2v) is 4.79. The van der Waals surface area contributed by atoms with Crippen LogP contribution in [-0.4, -0.2) is 10.2 Å². The highest BCUT2D eigenvalue weighted by molar-refractivity contribution is 9.10. The quantitative estimate of drug-likeness (QED) is 0.790. The molecule has 1 aromatic heterocycles. The van der Waals surface area contributed by atoms with Crippen molar-refractivity contribution < 1.29 is 4.79 Å². The average molecular weight is 303 g/mol. The summed E-state index contributed by atoms with van der Waals surface area (Å²) in [5, 5.41) is 2.31. The molecule has 0 bridgehead atoms. The highest BCUT2D eigenvalue weighted by atomic mass is 79.9. The van der Waals surface area contributed by atoms with Gasteiger partial charge < -0.3 is 0 Å². The van der Waals surface area contributed by atoms with E-state index in [0.29, 0.717) is 16.3 Å². The largest absolute Gasteiger partial charge is 0.287 e. The summed E-state index contributed by atoms with van der Waals surface area (Å²) >= 11 is 10.4. The number of hydrogen-bond acceptors (Lipinski definition) is 3. The fraction of sp³-hybridized carbons (Fsp3) is 0. The number of nitrogens with zero attached hydrogens (tertiary/aromatic N) is 1. The van der Waals surface area contributed by atoms with Crippen LogP contribution in [0.15, 0.2) is 34.1 Å². The van der Waals surface area contributed by atoms with Crippen LogP contribution in [0.4, 0.5) is 0 Å². The predicted octanol–water partition coefficient (Wildman–Crippen LogP) is 3.79. The topological polar surface area (TPSA) is 30.0 Å². The first kappa shape index (κ1) is 10.8. The van der Waals surface area contributed by atoms with Crippen molar-refractivity contribution in [3.63, 3.8) is 0 Å². The van der Waals surface area contributed by atoms with E-state index in [1.165, 1.54) is 11.5 Å². The van der Waals surface area contributed by atoms with E-state index in [1.807, 2.05) is 0 Å². The van der Waals surface area contributed by atoms with E-state index < -0.39 is 0 Å². The van der Waals surface area contributed by atoms with Gasteiger partial charge in [-0.25, -0.2) is 0 Å². The number of carbonyl (C=O) groups excluding carboxylic acids is 1. The van der Waals surface area contributed by atoms with Crippen LogP contribution in [-0.2, 0) is 0 Å². The summed E-state index contributed by atoms with van der Waals surface area (Å²) in [5.41, 5.74) is 0.983. The molecule has 0 unspecified atom stereocenters. The van der Waals surface area contributed by atoms with Crippen molar-refractivity contribution in [1.29, 1.82) is 0 Å². The lowest BCUT2D eigenvalue weighted by Gasteiger charge is -2.01. The first-order valence-electron chi connectivity index (χ1n) is 4.08. The van der Waals surface area contributed by atoms with Gasteiger partial charge >= 0.3 is 0 Å². The molecule has 0 N–H and O–H groups in total. The minimum atomic E-state index is -0.120. The molecule has 0 aliphatic carbocycles. The molecular formula is C10H5BrClNOS. The summed E-state index contributed by atoms with van der Waals surface area (Å²) in [6, 6.07) is 6.80. The van der Waals surface area contributed by atoms with Crippen molar-refractivity contribution in [1.82, 2.24) is 4.37 Å². The molecule has 0 aliphatic rings. The van der Waals surface area contributed by atoms with Gasteiger partial charge in [-0.05, 0) is 35.8 Å². The zero-order valence-electron chi connectivity index (χ0n) is 7.41. The Labute approximate surface area is 104 Å². The van der Waals surface area contributed by atoms with Gasteiger partial charge in [-0.3, -0.25) is 4.79 Å². The zero-order valence-corrected chi connectivity index (χ0v) is 10.6. The van der Waals surface area contributed by atoms with Crippen LogP contribution in [0.5, 0.6) is 0 Å². The van der Waals surface area contributed by atoms with Gasteiger partial charge in [0, 0.05) is 20.4 Å². The maximum atomic E-state index is 11.9. The van der Waals surface area contributed by atoms with Crippen LogP contribution < -0.4 is 0 Å². The summed E-state index contributed by atoms with van der Waals surface area (Å²) in [6.45, 7) is 0. The second-order valence-electron chi connectivity index (χ2n) is 2.84. The van der Waals surface area contributed by atoms with Gasteiger partial charge in [0.1, 0.15) is 5.69 Å². The molecule has 0 atom stereocenters. The molecule has 2 aromatic rings. The van der Waals surface area contributed by atoms with Crippen LogP contribution >= 0.6 is 39.1 Å². The van der Waals surface area contributed by atoms with Crippen molar-refractivity contribution in [2.75, 3.05) is 0 Å². The number of hydrogen-bond donors (Lipinski definition) is 0. The number of benzene rings is 1. The fourth-order valence-corrected chi connectivity index (χ4v) is 2.25. The molecule has 2 rings (SSSR count). The molecule has 5 heteroatoms. The molecule has 1 heterocycles. The van der Waals surface area contributed by atoms with E-state index in [9.17, 15) is 4.79 Å². The highest BCUT2D eigenvalue weighted by Gasteiger charge is 2.14. The monoisotopic (exact) mass is 301 g/mol. The molecule has 0 spiro atoms. The van der Waals surface area contributed by atoms with Crippen LogP contribution in [0.2, 0.25) is 5.02 Å². The molecule has 1 aromatic carbocycles. The van der Waals surface area contributed by atoms with Crippen molar-refractivity contribution >= 4 is 44.8 Å². The van der Waals surface area contributed by atoms with Gasteiger partial charge in [-0.2, -0.15) is 4.37 Å². The maximum absolute atomic E-state index is 11.9. The minimum absolute atomic E-state index is 0.120. The van der Waals surface area contributed by atoms with E-state index in [0.717, 1.165) is 4.47 Å². The van der Waals surface area contributed by atoms with Crippen LogP contribution in [0.1, 0.15) is 16.1 Å². The van der Waals surface area contributed by atoms with Crippen molar-refractivity contribution in [3.05, 3.63) is 50.4 Å². The Balaban J connectivity index is 2.46. The lowest BCUT2D eigenvalue weighted by molar-refractivity contribution is 0.103. The first-order chi connectivity index (χ1) is 7.18. The lowest BCUT2D eigenvalue weighted by Crippen LogP contribution is -2.02. The molecule has 2 nitrogen and oxygen atoms in total. The summed E-state index contributed by atoms with van der Waals surface area (Å²) in [6.07, 6.45) is 0. The standard InChI is InChI=1S/C10H5BrClNOS/c11-8-2-1-6(12)5-7(8)10(14)9-3-4-15-13-9/h1-5H. The number of ketones is 1. The van der Waals surface area contributed by atoms with Crippen molar-refractivity contribution in [2.45, 2.75) is 0 Å². The third-order valence-corrected chi connectivity index (χ3v) is 3.33. The molecule has 0 saturated carbocycles. The Kier molecular flexibility index (Phi) is 3.19. The van der Waals surface area contributed by atoms with Gasteiger partial charge in [0.05, 0.1) is 0 Å². The normalized spacial score (nSPS) is 10.3. The summed E-state index contributed by atoms with van der Waals surface area (Å²) < 4.78 is 4.72. The van der Waals surface area contributed by atoms with Gasteiger partial charge in [-0.1, -0.05) is 27.5 Å². The third-order valence-electron chi connectivity index (χ3n) is 1.84. The van der Waals surface area contributed by atoms with Crippen LogP contribution in [0, 0.1) is 0 Å². The van der Waals surface area contributed by atoms with Crippen LogP contribution in [0.25, 0.3) is 0 Å². The van der Waals surface area contributed by atoms with E-state index in [2.05, 4.69) is 20.3 Å². The number of halogens is 2.